The smallest absolute Gasteiger partial charge is 0.221 e. The van der Waals surface area contributed by atoms with Crippen molar-refractivity contribution >= 4 is 27.7 Å². The van der Waals surface area contributed by atoms with Crippen LogP contribution in [-0.2, 0) is 27.1 Å². The number of nitrogens with one attached hydrogen (secondary N) is 2. The van der Waals surface area contributed by atoms with Gasteiger partial charge in [0, 0.05) is 24.8 Å². The van der Waals surface area contributed by atoms with Gasteiger partial charge in [-0.15, -0.1) is 0 Å². The Labute approximate surface area is 137 Å². The second-order valence-electron chi connectivity index (χ2n) is 5.32. The molecule has 1 aromatic carbocycles. The van der Waals surface area contributed by atoms with Gasteiger partial charge in [0.15, 0.2) is 0 Å². The third kappa shape index (κ3) is 7.29. The van der Waals surface area contributed by atoms with Gasteiger partial charge in [-0.1, -0.05) is 24.3 Å². The third-order valence-corrected chi connectivity index (χ3v) is 5.02. The molecule has 0 aliphatic rings. The molecule has 0 aromatic heterocycles. The zero-order valence-electron chi connectivity index (χ0n) is 13.3. The molecule has 0 heterocycles. The molecule has 1 amide bonds. The second-order valence-corrected chi connectivity index (χ2v) is 8.06. The van der Waals surface area contributed by atoms with Gasteiger partial charge in [-0.25, -0.2) is 13.1 Å². The second kappa shape index (κ2) is 9.17. The van der Waals surface area contributed by atoms with E-state index in [0.717, 1.165) is 11.3 Å². The summed E-state index contributed by atoms with van der Waals surface area (Å²) < 4.78 is 26.7. The summed E-state index contributed by atoms with van der Waals surface area (Å²) in [5.41, 5.74) is 1.54. The highest BCUT2D eigenvalue weighted by Crippen LogP contribution is 2.12. The van der Waals surface area contributed by atoms with E-state index < -0.39 is 10.0 Å². The van der Waals surface area contributed by atoms with E-state index in [1.807, 2.05) is 18.4 Å². The lowest BCUT2D eigenvalue weighted by molar-refractivity contribution is -0.120. The van der Waals surface area contributed by atoms with Crippen LogP contribution >= 0.6 is 11.8 Å². The van der Waals surface area contributed by atoms with E-state index in [2.05, 4.69) is 10.0 Å². The molecule has 0 saturated heterocycles. The van der Waals surface area contributed by atoms with Gasteiger partial charge in [-0.3, -0.25) is 4.79 Å². The molecule has 0 saturated carbocycles. The highest BCUT2D eigenvalue weighted by atomic mass is 32.2. The summed E-state index contributed by atoms with van der Waals surface area (Å²) >= 11 is 1.62. The Balaban J connectivity index is 2.72. The first kappa shape index (κ1) is 19.0. The van der Waals surface area contributed by atoms with E-state index in [9.17, 15) is 13.2 Å². The summed E-state index contributed by atoms with van der Waals surface area (Å²) in [6.45, 7) is 3.92. The molecule has 0 fully saturated rings. The molecule has 1 rings (SSSR count). The van der Waals surface area contributed by atoms with E-state index in [1.54, 1.807) is 37.7 Å². The molecule has 0 radical (unpaired) electrons. The largest absolute Gasteiger partial charge is 0.352 e. The van der Waals surface area contributed by atoms with Crippen molar-refractivity contribution in [2.24, 2.45) is 0 Å². The van der Waals surface area contributed by atoms with Crippen LogP contribution in [0, 0.1) is 0 Å². The molecule has 5 nitrogen and oxygen atoms in total. The number of amides is 1. The van der Waals surface area contributed by atoms with Gasteiger partial charge in [0.1, 0.15) is 0 Å². The topological polar surface area (TPSA) is 75.3 Å². The Morgan fingerprint density at radius 3 is 2.45 bits per heavy atom. The van der Waals surface area contributed by atoms with Gasteiger partial charge < -0.3 is 5.32 Å². The number of hydrogen-bond acceptors (Lipinski definition) is 4. The highest BCUT2D eigenvalue weighted by Gasteiger charge is 2.15. The summed E-state index contributed by atoms with van der Waals surface area (Å²) in [7, 11) is -3.38. The summed E-state index contributed by atoms with van der Waals surface area (Å²) in [5, 5.41) is 2.83. The Kier molecular flexibility index (Phi) is 7.92. The van der Waals surface area contributed by atoms with Crippen molar-refractivity contribution in [3.63, 3.8) is 0 Å². The average Bonchev–Trinajstić information content (AvgIpc) is 2.42. The third-order valence-electron chi connectivity index (χ3n) is 2.89. The van der Waals surface area contributed by atoms with Crippen LogP contribution in [0.1, 0.15) is 31.4 Å². The fourth-order valence-electron chi connectivity index (χ4n) is 1.95. The van der Waals surface area contributed by atoms with Gasteiger partial charge in [-0.2, -0.15) is 11.8 Å². The van der Waals surface area contributed by atoms with E-state index >= 15 is 0 Å². The predicted octanol–water partition coefficient (Wildman–Crippen LogP) is 1.88. The Hall–Kier alpha value is -1.05. The Morgan fingerprint density at radius 2 is 1.86 bits per heavy atom. The lowest BCUT2D eigenvalue weighted by atomic mass is 10.1. The number of benzene rings is 1. The summed E-state index contributed by atoms with van der Waals surface area (Å²) in [4.78, 5) is 11.7. The minimum Gasteiger partial charge on any atom is -0.352 e. The summed E-state index contributed by atoms with van der Waals surface area (Å²) in [6, 6.07) is 7.13. The molecule has 0 aliphatic carbocycles. The summed E-state index contributed by atoms with van der Waals surface area (Å²) in [5.74, 6) is 0.676. The van der Waals surface area contributed by atoms with Gasteiger partial charge in [-0.05, 0) is 31.2 Å². The molecule has 1 aromatic rings. The lowest BCUT2D eigenvalue weighted by Gasteiger charge is -2.13. The standard InChI is InChI=1S/C15H24N2O3S2/c1-12(2)17-22(19,20)11-14-7-5-4-6-13(14)10-16-15(18)8-9-21-3/h4-7,12,17H,8-11H2,1-3H3,(H,16,18). The zero-order chi connectivity index (χ0) is 16.6. The maximum absolute atomic E-state index is 12.0. The Bertz CT molecular complexity index is 586. The molecular formula is C15H24N2O3S2. The van der Waals surface area contributed by atoms with Crippen LogP contribution in [0.15, 0.2) is 24.3 Å². The van der Waals surface area contributed by atoms with Crippen molar-refractivity contribution in [1.82, 2.24) is 10.0 Å². The molecule has 0 atom stereocenters. The number of carbonyl (C=O) groups is 1. The van der Waals surface area contributed by atoms with Crippen LogP contribution in [0.5, 0.6) is 0 Å². The average molecular weight is 345 g/mol. The Morgan fingerprint density at radius 1 is 1.23 bits per heavy atom. The van der Waals surface area contributed by atoms with E-state index in [-0.39, 0.29) is 17.7 Å². The van der Waals surface area contributed by atoms with E-state index in [1.165, 1.54) is 0 Å². The zero-order valence-corrected chi connectivity index (χ0v) is 14.9. The molecule has 0 unspecified atom stereocenters. The van der Waals surface area contributed by atoms with E-state index in [4.69, 9.17) is 0 Å². The van der Waals surface area contributed by atoms with Gasteiger partial charge >= 0.3 is 0 Å². The summed E-state index contributed by atoms with van der Waals surface area (Å²) in [6.07, 6.45) is 2.42. The van der Waals surface area contributed by atoms with Crippen molar-refractivity contribution in [2.75, 3.05) is 12.0 Å². The van der Waals surface area contributed by atoms with Gasteiger partial charge in [0.25, 0.3) is 0 Å². The molecular weight excluding hydrogens is 320 g/mol. The monoisotopic (exact) mass is 344 g/mol. The van der Waals surface area contributed by atoms with Crippen molar-refractivity contribution in [2.45, 2.75) is 38.6 Å². The quantitative estimate of drug-likeness (QED) is 0.717. The molecule has 124 valence electrons. The van der Waals surface area contributed by atoms with Gasteiger partial charge in [0.05, 0.1) is 5.75 Å². The fourth-order valence-corrected chi connectivity index (χ4v) is 3.84. The SMILES string of the molecule is CSCCC(=O)NCc1ccccc1CS(=O)(=O)NC(C)C. The molecule has 7 heteroatoms. The number of sulfonamides is 1. The van der Waals surface area contributed by atoms with Crippen LogP contribution in [0.25, 0.3) is 0 Å². The van der Waals surface area contributed by atoms with Gasteiger partial charge in [0.2, 0.25) is 15.9 Å². The number of carbonyl (C=O) groups excluding carboxylic acids is 1. The number of rotatable bonds is 9. The van der Waals surface area contributed by atoms with Crippen LogP contribution in [0.4, 0.5) is 0 Å². The number of hydrogen-bond donors (Lipinski definition) is 2. The first-order valence-electron chi connectivity index (χ1n) is 7.16. The minimum atomic E-state index is -3.38. The first-order chi connectivity index (χ1) is 10.3. The normalized spacial score (nSPS) is 11.6. The molecule has 2 N–H and O–H groups in total. The van der Waals surface area contributed by atoms with Crippen molar-refractivity contribution < 1.29 is 13.2 Å². The van der Waals surface area contributed by atoms with Crippen LogP contribution in [-0.4, -0.2) is 32.4 Å². The molecule has 0 aliphatic heterocycles. The maximum Gasteiger partial charge on any atom is 0.221 e. The maximum atomic E-state index is 12.0. The molecule has 22 heavy (non-hydrogen) atoms. The molecule has 0 bridgehead atoms. The van der Waals surface area contributed by atoms with Crippen molar-refractivity contribution in [1.29, 1.82) is 0 Å². The predicted molar refractivity (Wildman–Crippen MR) is 92.2 cm³/mol. The van der Waals surface area contributed by atoms with Crippen LogP contribution in [0.2, 0.25) is 0 Å². The van der Waals surface area contributed by atoms with Crippen LogP contribution < -0.4 is 10.0 Å². The highest BCUT2D eigenvalue weighted by molar-refractivity contribution is 7.98. The minimum absolute atomic E-state index is 0.0210. The molecule has 0 spiro atoms. The van der Waals surface area contributed by atoms with Crippen molar-refractivity contribution in [3.8, 4) is 0 Å². The lowest BCUT2D eigenvalue weighted by Crippen LogP contribution is -2.32. The van der Waals surface area contributed by atoms with E-state index in [0.29, 0.717) is 18.5 Å². The fraction of sp³-hybridized carbons (Fsp3) is 0.533. The first-order valence-corrected chi connectivity index (χ1v) is 10.2. The van der Waals surface area contributed by atoms with Crippen molar-refractivity contribution in [3.05, 3.63) is 35.4 Å². The van der Waals surface area contributed by atoms with Crippen LogP contribution in [0.3, 0.4) is 0 Å². The number of thioether (sulfide) groups is 1.